The molecule has 2 aliphatic rings. The van der Waals surface area contributed by atoms with E-state index in [4.69, 9.17) is 4.74 Å². The molecule has 0 amide bonds. The van der Waals surface area contributed by atoms with E-state index in [1.54, 1.807) is 6.92 Å². The molecule has 11 nitrogen and oxygen atoms in total. The highest BCUT2D eigenvalue weighted by Gasteiger charge is 2.40. The van der Waals surface area contributed by atoms with Crippen LogP contribution in [0.1, 0.15) is 54.9 Å². The number of fused-ring (bicyclic) bond motifs is 4. The minimum atomic E-state index is -0.896. The van der Waals surface area contributed by atoms with Crippen molar-refractivity contribution in [3.05, 3.63) is 60.4 Å². The lowest BCUT2D eigenvalue weighted by molar-refractivity contribution is -0.117. The number of anilines is 2. The molecule has 0 fully saturated rings. The zero-order chi connectivity index (χ0) is 32.8. The molecule has 5 aromatic carbocycles. The molecule has 1 aliphatic heterocycles. The summed E-state index contributed by atoms with van der Waals surface area (Å²) in [5.74, 6) is -1.60. The van der Waals surface area contributed by atoms with Crippen LogP contribution in [0.15, 0.2) is 27.3 Å². The Balaban J connectivity index is 1.89. The summed E-state index contributed by atoms with van der Waals surface area (Å²) in [7, 11) is 1.35. The van der Waals surface area contributed by atoms with Crippen LogP contribution in [0.5, 0.6) is 11.5 Å². The zero-order valence-corrected chi connectivity index (χ0v) is 25.6. The number of aliphatic hydroxyl groups is 4. The molecule has 7 N–H and O–H groups in total. The van der Waals surface area contributed by atoms with Crippen LogP contribution in [0, 0.1) is 0 Å². The van der Waals surface area contributed by atoms with Crippen LogP contribution < -0.4 is 26.2 Å². The second-order valence-electron chi connectivity index (χ2n) is 12.5. The van der Waals surface area contributed by atoms with E-state index >= 15 is 0 Å². The normalized spacial score (nSPS) is 16.9. The second kappa shape index (κ2) is 10.5. The lowest BCUT2D eigenvalue weighted by Gasteiger charge is -2.41. The first kappa shape index (κ1) is 30.1. The quantitative estimate of drug-likeness (QED) is 0.0992. The number of allylic oxidation sites excluding steroid dienone is 1. The topological polar surface area (TPSA) is 186 Å². The third-order valence-electron chi connectivity index (χ3n) is 9.99. The molecule has 1 aliphatic carbocycles. The lowest BCUT2D eigenvalue weighted by atomic mass is 9.78. The Hall–Kier alpha value is -4.55. The molecular weight excluding hydrogens is 592 g/mol. The molecule has 238 valence electrons. The van der Waals surface area contributed by atoms with Crippen molar-refractivity contribution in [2.75, 3.05) is 37.5 Å². The largest absolute Gasteiger partial charge is 0.504 e. The summed E-state index contributed by atoms with van der Waals surface area (Å²) in [6, 6.07) is 2.57. The maximum Gasteiger partial charge on any atom is 0.190 e. The van der Waals surface area contributed by atoms with Gasteiger partial charge in [0.15, 0.2) is 22.4 Å². The van der Waals surface area contributed by atoms with E-state index < -0.39 is 41.3 Å². The van der Waals surface area contributed by atoms with Gasteiger partial charge in [-0.15, -0.1) is 0 Å². The second-order valence-corrected chi connectivity index (χ2v) is 12.5. The van der Waals surface area contributed by atoms with Crippen molar-refractivity contribution in [2.24, 2.45) is 0 Å². The number of rotatable bonds is 8. The fourth-order valence-electron chi connectivity index (χ4n) is 8.17. The first-order chi connectivity index (χ1) is 22.1. The third-order valence-corrected chi connectivity index (χ3v) is 9.99. The summed E-state index contributed by atoms with van der Waals surface area (Å²) >= 11 is 0. The Morgan fingerprint density at radius 2 is 1.46 bits per heavy atom. The van der Waals surface area contributed by atoms with Gasteiger partial charge in [0, 0.05) is 47.0 Å². The molecule has 1 heterocycles. The maximum atomic E-state index is 14.2. The number of benzene rings is 5. The molecule has 0 spiro atoms. The number of carbonyl (C=O) groups excluding carboxylic acids is 1. The van der Waals surface area contributed by atoms with E-state index in [0.717, 1.165) is 0 Å². The summed E-state index contributed by atoms with van der Waals surface area (Å²) in [5, 5.41) is 62.6. The van der Waals surface area contributed by atoms with Crippen molar-refractivity contribution in [2.45, 2.75) is 51.4 Å². The van der Waals surface area contributed by atoms with Crippen LogP contribution in [0.4, 0.5) is 11.4 Å². The summed E-state index contributed by atoms with van der Waals surface area (Å²) in [5.41, 5.74) is 1.34. The Morgan fingerprint density at radius 3 is 2.00 bits per heavy atom. The number of aliphatic hydroxyl groups excluding tert-OH is 4. The van der Waals surface area contributed by atoms with Crippen molar-refractivity contribution >= 4 is 66.3 Å². The van der Waals surface area contributed by atoms with Crippen LogP contribution in [0.3, 0.4) is 0 Å². The molecule has 1 atom stereocenters. The van der Waals surface area contributed by atoms with Gasteiger partial charge in [0.2, 0.25) is 0 Å². The smallest absolute Gasteiger partial charge is 0.190 e. The van der Waals surface area contributed by atoms with E-state index in [9.17, 15) is 39.9 Å². The number of Topliss-reactive ketones (excluding diaryl/α,β-unsaturated/α-hetero) is 1. The average Bonchev–Trinajstić information content (AvgIpc) is 3.15. The summed E-state index contributed by atoms with van der Waals surface area (Å²) < 4.78 is 5.76. The van der Waals surface area contributed by atoms with Crippen molar-refractivity contribution < 1.29 is 35.1 Å². The van der Waals surface area contributed by atoms with Crippen molar-refractivity contribution in [3.63, 3.8) is 0 Å². The number of carbonyl (C=O) groups is 1. The van der Waals surface area contributed by atoms with Crippen LogP contribution >= 0.6 is 0 Å². The standard InChI is InChI=1S/C35H34N2O9/c1-14-8-18-24-27-22(16(11-40)9-19(43)25(27)32-31(18)36-13-35(37-32,4-6-38)5-7-39)23-17(12-41)10-20(44)26-28(23)29(24)30(21(14)15(2)42)34(46-3)33(26)45/h8-10,21,36-41,45H,4-7,11-13H2,1-3H3. The number of ether oxygens (including phenoxy) is 1. The number of phenols is 1. The highest BCUT2D eigenvalue weighted by molar-refractivity contribution is 6.40. The van der Waals surface area contributed by atoms with E-state index in [2.05, 4.69) is 10.6 Å². The number of hydrogen-bond acceptors (Lipinski definition) is 11. The average molecular weight is 627 g/mol. The Morgan fingerprint density at radius 1 is 0.870 bits per heavy atom. The number of phenolic OH excluding ortho intramolecular Hbond substituents is 1. The van der Waals surface area contributed by atoms with E-state index in [0.29, 0.717) is 66.9 Å². The van der Waals surface area contributed by atoms with Crippen LogP contribution in [0.25, 0.3) is 49.2 Å². The maximum absolute atomic E-state index is 14.2. The molecule has 1 unspecified atom stereocenters. The lowest BCUT2D eigenvalue weighted by Crippen LogP contribution is -2.49. The molecule has 11 heteroatoms. The van der Waals surface area contributed by atoms with Crippen molar-refractivity contribution in [1.82, 2.24) is 0 Å². The molecule has 0 saturated carbocycles. The first-order valence-corrected chi connectivity index (χ1v) is 15.2. The van der Waals surface area contributed by atoms with Gasteiger partial charge in [-0.2, -0.15) is 0 Å². The highest BCUT2D eigenvalue weighted by atomic mass is 16.5. The van der Waals surface area contributed by atoms with E-state index in [1.807, 2.05) is 6.08 Å². The number of hydrogen-bond donors (Lipinski definition) is 7. The molecule has 0 aromatic heterocycles. The van der Waals surface area contributed by atoms with Gasteiger partial charge in [-0.1, -0.05) is 11.6 Å². The van der Waals surface area contributed by atoms with Crippen LogP contribution in [-0.4, -0.2) is 63.7 Å². The predicted molar refractivity (Wildman–Crippen MR) is 177 cm³/mol. The third kappa shape index (κ3) is 3.77. The number of ketones is 1. The van der Waals surface area contributed by atoms with Crippen LogP contribution in [-0.2, 0) is 18.0 Å². The Bertz CT molecular complexity index is 2270. The zero-order valence-electron chi connectivity index (χ0n) is 25.6. The summed E-state index contributed by atoms with van der Waals surface area (Å²) in [6.45, 7) is 2.11. The molecular formula is C35H34N2O9. The van der Waals surface area contributed by atoms with Gasteiger partial charge in [0.1, 0.15) is 5.78 Å². The minimum Gasteiger partial charge on any atom is -0.504 e. The Kier molecular flexibility index (Phi) is 6.87. The number of aromatic hydroxyl groups is 1. The van der Waals surface area contributed by atoms with Gasteiger partial charge < -0.3 is 40.9 Å². The minimum absolute atomic E-state index is 0.0333. The van der Waals surface area contributed by atoms with Gasteiger partial charge in [-0.3, -0.25) is 14.4 Å². The van der Waals surface area contributed by atoms with Crippen molar-refractivity contribution in [3.8, 4) is 11.5 Å². The molecule has 5 aromatic rings. The van der Waals surface area contributed by atoms with Crippen LogP contribution in [0.2, 0.25) is 0 Å². The molecule has 0 bridgehead atoms. The van der Waals surface area contributed by atoms with E-state index in [-0.39, 0.29) is 59.5 Å². The molecule has 0 saturated heterocycles. The van der Waals surface area contributed by atoms with Gasteiger partial charge >= 0.3 is 0 Å². The Labute approximate surface area is 262 Å². The molecule has 46 heavy (non-hydrogen) atoms. The highest BCUT2D eigenvalue weighted by Crippen LogP contribution is 2.57. The molecule has 7 rings (SSSR count). The fraction of sp³-hybridized carbons (Fsp3) is 0.343. The number of methoxy groups -OCH3 is 1. The molecule has 0 radical (unpaired) electrons. The van der Waals surface area contributed by atoms with Gasteiger partial charge in [-0.25, -0.2) is 0 Å². The monoisotopic (exact) mass is 626 g/mol. The number of nitrogens with one attached hydrogen (secondary N) is 2. The summed E-state index contributed by atoms with van der Waals surface area (Å²) in [6.07, 6.45) is 2.42. The van der Waals surface area contributed by atoms with Gasteiger partial charge in [0.05, 0.1) is 53.9 Å². The SMILES string of the molecule is COc1c(O)c2c(=O)cc(CO)c3c4c(CO)cc(=O)c5c6c(c7c(c(c1C(C(C)=O)C(C)=C7)c23)c54)NCC(CCO)(CCO)N6. The van der Waals surface area contributed by atoms with Gasteiger partial charge in [-0.05, 0) is 66.1 Å². The van der Waals surface area contributed by atoms with Crippen molar-refractivity contribution in [1.29, 1.82) is 0 Å². The predicted octanol–water partition coefficient (Wildman–Crippen LogP) is 3.02. The van der Waals surface area contributed by atoms with Gasteiger partial charge in [0.25, 0.3) is 0 Å². The first-order valence-electron chi connectivity index (χ1n) is 15.2. The fourth-order valence-corrected chi connectivity index (χ4v) is 8.17. The summed E-state index contributed by atoms with van der Waals surface area (Å²) in [4.78, 5) is 41.4. The van der Waals surface area contributed by atoms with E-state index in [1.165, 1.54) is 26.2 Å².